The zero-order chi connectivity index (χ0) is 10.9. The molecule has 1 heterocycles. The highest BCUT2D eigenvalue weighted by atomic mass is 16.5. The van der Waals surface area contributed by atoms with Crippen molar-refractivity contribution in [1.29, 1.82) is 0 Å². The molecule has 0 aliphatic carbocycles. The molecule has 0 saturated carbocycles. The number of esters is 1. The maximum Gasteiger partial charge on any atom is 0.333 e. The number of ether oxygens (including phenoxy) is 1. The fourth-order valence-electron chi connectivity index (χ4n) is 1.87. The number of carbonyl (C=O) groups is 1. The first-order valence-corrected chi connectivity index (χ1v) is 6.15. The first-order valence-electron chi connectivity index (χ1n) is 6.15. The van der Waals surface area contributed by atoms with E-state index in [1.54, 1.807) is 0 Å². The third-order valence-corrected chi connectivity index (χ3v) is 2.89. The van der Waals surface area contributed by atoms with Crippen LogP contribution in [0.3, 0.4) is 0 Å². The highest BCUT2D eigenvalue weighted by molar-refractivity contribution is 5.87. The largest absolute Gasteiger partial charge is 0.462 e. The number of rotatable bonds is 0. The van der Waals surface area contributed by atoms with E-state index in [1.807, 2.05) is 0 Å². The van der Waals surface area contributed by atoms with Crippen molar-refractivity contribution in [2.75, 3.05) is 6.61 Å². The third kappa shape index (κ3) is 5.60. The number of hydrogen-bond donors (Lipinski definition) is 0. The van der Waals surface area contributed by atoms with Gasteiger partial charge in [-0.3, -0.25) is 0 Å². The van der Waals surface area contributed by atoms with Gasteiger partial charge in [0.25, 0.3) is 0 Å². The predicted molar refractivity (Wildman–Crippen MR) is 61.7 cm³/mol. The molecular weight excluding hydrogens is 188 g/mol. The van der Waals surface area contributed by atoms with Crippen LogP contribution in [0.25, 0.3) is 0 Å². The van der Waals surface area contributed by atoms with E-state index in [9.17, 15) is 4.79 Å². The molecule has 1 fully saturated rings. The van der Waals surface area contributed by atoms with Crippen LogP contribution in [0.5, 0.6) is 0 Å². The Hall–Kier alpha value is -0.790. The molecule has 2 nitrogen and oxygen atoms in total. The second kappa shape index (κ2) is 7.49. The summed E-state index contributed by atoms with van der Waals surface area (Å²) in [6.45, 7) is 4.34. The van der Waals surface area contributed by atoms with E-state index in [-0.39, 0.29) is 5.97 Å². The molecule has 0 aromatic carbocycles. The molecule has 0 aromatic heterocycles. The van der Waals surface area contributed by atoms with Crippen molar-refractivity contribution in [3.8, 4) is 0 Å². The van der Waals surface area contributed by atoms with E-state index in [0.29, 0.717) is 12.2 Å². The fourth-order valence-corrected chi connectivity index (χ4v) is 1.87. The maximum absolute atomic E-state index is 11.4. The Bertz CT molecular complexity index is 187. The fraction of sp³-hybridized carbons (Fsp3) is 0.769. The van der Waals surface area contributed by atoms with Crippen LogP contribution >= 0.6 is 0 Å². The van der Waals surface area contributed by atoms with Gasteiger partial charge < -0.3 is 4.74 Å². The van der Waals surface area contributed by atoms with E-state index in [0.717, 1.165) is 19.3 Å². The van der Waals surface area contributed by atoms with E-state index in [1.165, 1.54) is 38.5 Å². The number of cyclic esters (lactones) is 1. The van der Waals surface area contributed by atoms with Gasteiger partial charge in [-0.05, 0) is 19.3 Å². The molecule has 0 bridgehead atoms. The minimum absolute atomic E-state index is 0.186. The van der Waals surface area contributed by atoms with Crippen LogP contribution in [0, 0.1) is 0 Å². The highest BCUT2D eigenvalue weighted by Crippen LogP contribution is 2.14. The second-order valence-corrected chi connectivity index (χ2v) is 4.32. The van der Waals surface area contributed by atoms with Gasteiger partial charge in [-0.15, -0.1) is 0 Å². The van der Waals surface area contributed by atoms with Crippen molar-refractivity contribution >= 4 is 5.97 Å². The van der Waals surface area contributed by atoms with Crippen LogP contribution in [0.1, 0.15) is 57.8 Å². The summed E-state index contributed by atoms with van der Waals surface area (Å²) < 4.78 is 5.13. The molecule has 0 aromatic rings. The van der Waals surface area contributed by atoms with Crippen molar-refractivity contribution < 1.29 is 9.53 Å². The quantitative estimate of drug-likeness (QED) is 0.451. The Morgan fingerprint density at radius 1 is 0.867 bits per heavy atom. The smallest absolute Gasteiger partial charge is 0.333 e. The second-order valence-electron chi connectivity index (χ2n) is 4.32. The molecule has 0 spiro atoms. The highest BCUT2D eigenvalue weighted by Gasteiger charge is 2.08. The molecule has 0 unspecified atom stereocenters. The number of hydrogen-bond acceptors (Lipinski definition) is 2. The number of carbonyl (C=O) groups excluding carboxylic acids is 1. The molecule has 0 N–H and O–H groups in total. The van der Waals surface area contributed by atoms with Crippen molar-refractivity contribution in [3.05, 3.63) is 12.2 Å². The summed E-state index contributed by atoms with van der Waals surface area (Å²) in [5, 5.41) is 0. The van der Waals surface area contributed by atoms with Gasteiger partial charge in [0, 0.05) is 5.57 Å². The Balaban J connectivity index is 2.30. The average molecular weight is 210 g/mol. The lowest BCUT2D eigenvalue weighted by Gasteiger charge is -2.05. The summed E-state index contributed by atoms with van der Waals surface area (Å²) in [4.78, 5) is 11.4. The topological polar surface area (TPSA) is 26.3 Å². The van der Waals surface area contributed by atoms with Crippen LogP contribution < -0.4 is 0 Å². The van der Waals surface area contributed by atoms with E-state index >= 15 is 0 Å². The van der Waals surface area contributed by atoms with Crippen LogP contribution in [-0.2, 0) is 9.53 Å². The van der Waals surface area contributed by atoms with Gasteiger partial charge in [-0.1, -0.05) is 45.1 Å². The Labute approximate surface area is 92.7 Å². The average Bonchev–Trinajstić information content (AvgIpc) is 2.25. The lowest BCUT2D eigenvalue weighted by atomic mass is 10.1. The monoisotopic (exact) mass is 210 g/mol. The Kier molecular flexibility index (Phi) is 6.14. The van der Waals surface area contributed by atoms with Gasteiger partial charge in [0.1, 0.15) is 0 Å². The summed E-state index contributed by atoms with van der Waals surface area (Å²) >= 11 is 0. The molecule has 1 aliphatic rings. The van der Waals surface area contributed by atoms with E-state index < -0.39 is 0 Å². The molecule has 15 heavy (non-hydrogen) atoms. The minimum atomic E-state index is -0.186. The third-order valence-electron chi connectivity index (χ3n) is 2.89. The molecule has 1 rings (SSSR count). The zero-order valence-corrected chi connectivity index (χ0v) is 9.59. The van der Waals surface area contributed by atoms with Gasteiger partial charge >= 0.3 is 5.97 Å². The van der Waals surface area contributed by atoms with Crippen LogP contribution in [0.4, 0.5) is 0 Å². The standard InChI is InChI=1S/C13H22O2/c1-12-10-8-6-4-2-3-5-7-9-11-15-13(12)14/h1-11H2. The molecule has 0 atom stereocenters. The van der Waals surface area contributed by atoms with Gasteiger partial charge in [-0.25, -0.2) is 4.79 Å². The molecule has 1 saturated heterocycles. The van der Waals surface area contributed by atoms with Crippen molar-refractivity contribution in [1.82, 2.24) is 0 Å². The van der Waals surface area contributed by atoms with Gasteiger partial charge in [0.2, 0.25) is 0 Å². The van der Waals surface area contributed by atoms with Gasteiger partial charge in [-0.2, -0.15) is 0 Å². The summed E-state index contributed by atoms with van der Waals surface area (Å²) in [7, 11) is 0. The van der Waals surface area contributed by atoms with Crippen molar-refractivity contribution in [3.63, 3.8) is 0 Å². The summed E-state index contributed by atoms with van der Waals surface area (Å²) in [5.74, 6) is -0.186. The Morgan fingerprint density at radius 2 is 1.40 bits per heavy atom. The molecule has 0 radical (unpaired) electrons. The van der Waals surface area contributed by atoms with Crippen molar-refractivity contribution in [2.45, 2.75) is 57.8 Å². The normalized spacial score (nSPS) is 22.1. The minimum Gasteiger partial charge on any atom is -0.462 e. The maximum atomic E-state index is 11.4. The van der Waals surface area contributed by atoms with Gasteiger partial charge in [0.15, 0.2) is 0 Å². The lowest BCUT2D eigenvalue weighted by Crippen LogP contribution is -2.08. The SMILES string of the molecule is C=C1CCCCCCCCCCOC1=O. The van der Waals surface area contributed by atoms with E-state index in [4.69, 9.17) is 4.74 Å². The first kappa shape index (κ1) is 12.3. The molecule has 1 aliphatic heterocycles. The van der Waals surface area contributed by atoms with Crippen LogP contribution in [0.15, 0.2) is 12.2 Å². The zero-order valence-electron chi connectivity index (χ0n) is 9.59. The predicted octanol–water partition coefficient (Wildman–Crippen LogP) is 3.61. The lowest BCUT2D eigenvalue weighted by molar-refractivity contribution is -0.139. The van der Waals surface area contributed by atoms with E-state index in [2.05, 4.69) is 6.58 Å². The molecule has 0 amide bonds. The van der Waals surface area contributed by atoms with Crippen LogP contribution in [-0.4, -0.2) is 12.6 Å². The Morgan fingerprint density at radius 3 is 2.07 bits per heavy atom. The first-order chi connectivity index (χ1) is 7.30. The van der Waals surface area contributed by atoms with Crippen LogP contribution in [0.2, 0.25) is 0 Å². The molecular formula is C13H22O2. The van der Waals surface area contributed by atoms with Crippen molar-refractivity contribution in [2.24, 2.45) is 0 Å². The van der Waals surface area contributed by atoms with Gasteiger partial charge in [0.05, 0.1) is 6.61 Å². The summed E-state index contributed by atoms with van der Waals surface area (Å²) in [5.41, 5.74) is 0.647. The summed E-state index contributed by atoms with van der Waals surface area (Å²) in [6.07, 6.45) is 10.5. The molecule has 2 heteroatoms. The molecule has 86 valence electrons. The summed E-state index contributed by atoms with van der Waals surface area (Å²) in [6, 6.07) is 0.